The van der Waals surface area contributed by atoms with Gasteiger partial charge in [0.2, 0.25) is 5.91 Å². The minimum Gasteiger partial charge on any atom is -0.467 e. The van der Waals surface area contributed by atoms with Crippen molar-refractivity contribution < 1.29 is 14.3 Å². The van der Waals surface area contributed by atoms with Gasteiger partial charge in [0.1, 0.15) is 5.54 Å². The predicted molar refractivity (Wildman–Crippen MR) is 73.7 cm³/mol. The molecule has 110 valence electrons. The Morgan fingerprint density at radius 3 is 2.37 bits per heavy atom. The summed E-state index contributed by atoms with van der Waals surface area (Å²) in [4.78, 5) is 24.3. The molecule has 0 aromatic carbocycles. The molecular formula is C14H26N2O3. The Hall–Kier alpha value is -1.10. The summed E-state index contributed by atoms with van der Waals surface area (Å²) in [6.45, 7) is 7.15. The molecule has 2 N–H and O–H groups in total. The third kappa shape index (κ3) is 3.69. The number of hydrogen-bond donors (Lipinski definition) is 2. The van der Waals surface area contributed by atoms with E-state index in [1.165, 1.54) is 7.11 Å². The summed E-state index contributed by atoms with van der Waals surface area (Å²) in [5, 5.41) is 6.14. The highest BCUT2D eigenvalue weighted by Gasteiger charge is 2.42. The molecule has 1 amide bonds. The standard InChI is InChI=1S/C14H26N2O3/c1-5-6-14(7-9-15-10-8-14)11(17)16-13(2,3)12(18)19-4/h15H,5-10H2,1-4H3,(H,16,17). The highest BCUT2D eigenvalue weighted by atomic mass is 16.5. The lowest BCUT2D eigenvalue weighted by atomic mass is 9.74. The van der Waals surface area contributed by atoms with E-state index >= 15 is 0 Å². The molecule has 0 aromatic heterocycles. The molecule has 0 spiro atoms. The van der Waals surface area contributed by atoms with E-state index in [9.17, 15) is 9.59 Å². The van der Waals surface area contributed by atoms with Crippen molar-refractivity contribution in [3.05, 3.63) is 0 Å². The van der Waals surface area contributed by atoms with Crippen molar-refractivity contribution in [2.24, 2.45) is 5.41 Å². The Morgan fingerprint density at radius 1 is 1.32 bits per heavy atom. The average molecular weight is 270 g/mol. The van der Waals surface area contributed by atoms with Gasteiger partial charge in [-0.1, -0.05) is 13.3 Å². The maximum atomic E-state index is 12.6. The van der Waals surface area contributed by atoms with E-state index in [1.807, 2.05) is 0 Å². The monoisotopic (exact) mass is 270 g/mol. The summed E-state index contributed by atoms with van der Waals surface area (Å²) < 4.78 is 4.73. The Morgan fingerprint density at radius 2 is 1.89 bits per heavy atom. The summed E-state index contributed by atoms with van der Waals surface area (Å²) in [6, 6.07) is 0. The number of piperidine rings is 1. The maximum absolute atomic E-state index is 12.6. The molecule has 1 fully saturated rings. The van der Waals surface area contributed by atoms with Crippen molar-refractivity contribution in [3.8, 4) is 0 Å². The van der Waals surface area contributed by atoms with Gasteiger partial charge in [-0.25, -0.2) is 4.79 Å². The molecular weight excluding hydrogens is 244 g/mol. The van der Waals surface area contributed by atoms with Crippen LogP contribution >= 0.6 is 0 Å². The molecule has 1 heterocycles. The topological polar surface area (TPSA) is 67.4 Å². The third-order valence-electron chi connectivity index (χ3n) is 3.89. The van der Waals surface area contributed by atoms with Gasteiger partial charge >= 0.3 is 5.97 Å². The fourth-order valence-corrected chi connectivity index (χ4v) is 2.70. The van der Waals surface area contributed by atoms with Gasteiger partial charge in [-0.3, -0.25) is 4.79 Å². The van der Waals surface area contributed by atoms with E-state index in [0.717, 1.165) is 38.8 Å². The second-order valence-electron chi connectivity index (χ2n) is 5.85. The van der Waals surface area contributed by atoms with Gasteiger partial charge in [0, 0.05) is 0 Å². The first-order valence-corrected chi connectivity index (χ1v) is 7.00. The number of carbonyl (C=O) groups is 2. The van der Waals surface area contributed by atoms with Crippen LogP contribution in [0.3, 0.4) is 0 Å². The largest absolute Gasteiger partial charge is 0.467 e. The quantitative estimate of drug-likeness (QED) is 0.737. The van der Waals surface area contributed by atoms with Crippen LogP contribution in [-0.2, 0) is 14.3 Å². The van der Waals surface area contributed by atoms with Crippen LogP contribution in [0.25, 0.3) is 0 Å². The lowest BCUT2D eigenvalue weighted by Gasteiger charge is -2.38. The van der Waals surface area contributed by atoms with Crippen LogP contribution in [0, 0.1) is 5.41 Å². The first-order valence-electron chi connectivity index (χ1n) is 7.00. The van der Waals surface area contributed by atoms with E-state index in [2.05, 4.69) is 17.6 Å². The van der Waals surface area contributed by atoms with Crippen molar-refractivity contribution in [1.82, 2.24) is 10.6 Å². The van der Waals surface area contributed by atoms with Crippen LogP contribution in [0.1, 0.15) is 46.5 Å². The van der Waals surface area contributed by atoms with E-state index in [4.69, 9.17) is 4.74 Å². The number of hydrogen-bond acceptors (Lipinski definition) is 4. The highest BCUT2D eigenvalue weighted by Crippen LogP contribution is 2.34. The molecule has 0 aromatic rings. The van der Waals surface area contributed by atoms with E-state index in [1.54, 1.807) is 13.8 Å². The molecule has 0 unspecified atom stereocenters. The minimum atomic E-state index is -0.975. The number of esters is 1. The lowest BCUT2D eigenvalue weighted by molar-refractivity contribution is -0.151. The zero-order chi connectivity index (χ0) is 14.5. The lowest BCUT2D eigenvalue weighted by Crippen LogP contribution is -2.57. The Balaban J connectivity index is 2.80. The van der Waals surface area contributed by atoms with Gasteiger partial charge < -0.3 is 15.4 Å². The number of ether oxygens (including phenoxy) is 1. The molecule has 0 aliphatic carbocycles. The molecule has 1 saturated heterocycles. The number of nitrogens with one attached hydrogen (secondary N) is 2. The Kier molecular flexibility index (Phi) is 5.35. The SMILES string of the molecule is CCCC1(C(=O)NC(C)(C)C(=O)OC)CCNCC1. The van der Waals surface area contributed by atoms with Crippen LogP contribution in [-0.4, -0.2) is 37.6 Å². The van der Waals surface area contributed by atoms with Gasteiger partial charge in [-0.05, 0) is 46.2 Å². The molecule has 0 atom stereocenters. The summed E-state index contributed by atoms with van der Waals surface area (Å²) in [6.07, 6.45) is 3.47. The fourth-order valence-electron chi connectivity index (χ4n) is 2.70. The first kappa shape index (κ1) is 16.0. The van der Waals surface area contributed by atoms with Crippen molar-refractivity contribution in [2.75, 3.05) is 20.2 Å². The molecule has 1 aliphatic rings. The van der Waals surface area contributed by atoms with E-state index in [-0.39, 0.29) is 11.3 Å². The second kappa shape index (κ2) is 6.37. The van der Waals surface area contributed by atoms with Crippen LogP contribution in [0.4, 0.5) is 0 Å². The molecule has 19 heavy (non-hydrogen) atoms. The average Bonchev–Trinajstić information content (AvgIpc) is 2.38. The summed E-state index contributed by atoms with van der Waals surface area (Å²) in [7, 11) is 1.34. The summed E-state index contributed by atoms with van der Waals surface area (Å²) in [5.74, 6) is -0.437. The number of carbonyl (C=O) groups excluding carboxylic acids is 2. The van der Waals surface area contributed by atoms with Crippen molar-refractivity contribution in [3.63, 3.8) is 0 Å². The van der Waals surface area contributed by atoms with Crippen LogP contribution in [0.5, 0.6) is 0 Å². The molecule has 1 rings (SSSR count). The van der Waals surface area contributed by atoms with Gasteiger partial charge in [0.05, 0.1) is 12.5 Å². The van der Waals surface area contributed by atoms with E-state index < -0.39 is 11.5 Å². The summed E-state index contributed by atoms with van der Waals surface area (Å²) in [5.41, 5.74) is -1.32. The zero-order valence-corrected chi connectivity index (χ0v) is 12.5. The zero-order valence-electron chi connectivity index (χ0n) is 12.5. The smallest absolute Gasteiger partial charge is 0.330 e. The second-order valence-corrected chi connectivity index (χ2v) is 5.85. The third-order valence-corrected chi connectivity index (χ3v) is 3.89. The molecule has 0 saturated carbocycles. The molecule has 0 bridgehead atoms. The van der Waals surface area contributed by atoms with Gasteiger partial charge in [0.25, 0.3) is 0 Å². The maximum Gasteiger partial charge on any atom is 0.330 e. The molecule has 1 aliphatic heterocycles. The first-order chi connectivity index (χ1) is 8.88. The van der Waals surface area contributed by atoms with Crippen molar-refractivity contribution in [2.45, 2.75) is 52.0 Å². The van der Waals surface area contributed by atoms with Gasteiger partial charge in [-0.15, -0.1) is 0 Å². The molecule has 0 radical (unpaired) electrons. The van der Waals surface area contributed by atoms with E-state index in [0.29, 0.717) is 0 Å². The fraction of sp³-hybridized carbons (Fsp3) is 0.857. The van der Waals surface area contributed by atoms with Crippen LogP contribution < -0.4 is 10.6 Å². The predicted octanol–water partition coefficient (Wildman–Crippen LogP) is 1.22. The number of rotatable bonds is 5. The normalized spacial score (nSPS) is 18.7. The van der Waals surface area contributed by atoms with Crippen LogP contribution in [0.15, 0.2) is 0 Å². The number of amides is 1. The van der Waals surface area contributed by atoms with Crippen LogP contribution in [0.2, 0.25) is 0 Å². The summed E-state index contributed by atoms with van der Waals surface area (Å²) >= 11 is 0. The van der Waals surface area contributed by atoms with Crippen molar-refractivity contribution in [1.29, 1.82) is 0 Å². The Bertz CT molecular complexity index is 328. The van der Waals surface area contributed by atoms with Gasteiger partial charge in [0.15, 0.2) is 0 Å². The number of methoxy groups -OCH3 is 1. The van der Waals surface area contributed by atoms with Gasteiger partial charge in [-0.2, -0.15) is 0 Å². The highest BCUT2D eigenvalue weighted by molar-refractivity contribution is 5.90. The molecule has 5 heteroatoms. The van der Waals surface area contributed by atoms with Crippen molar-refractivity contribution >= 4 is 11.9 Å². The molecule has 5 nitrogen and oxygen atoms in total. The minimum absolute atomic E-state index is 0.0220. The Labute approximate surface area is 115 Å².